The second-order valence-electron chi connectivity index (χ2n) is 4.50. The van der Waals surface area contributed by atoms with E-state index in [9.17, 15) is 0 Å². The van der Waals surface area contributed by atoms with Crippen molar-refractivity contribution in [1.29, 1.82) is 0 Å². The van der Waals surface area contributed by atoms with Gasteiger partial charge in [-0.15, -0.1) is 0 Å². The number of ether oxygens (including phenoxy) is 1. The van der Waals surface area contributed by atoms with E-state index in [2.05, 4.69) is 31.2 Å². The van der Waals surface area contributed by atoms with Crippen molar-refractivity contribution >= 4 is 0 Å². The molecule has 0 aliphatic rings. The van der Waals surface area contributed by atoms with E-state index in [4.69, 9.17) is 4.74 Å². The van der Waals surface area contributed by atoms with Crippen LogP contribution in [0.15, 0.2) is 24.3 Å². The van der Waals surface area contributed by atoms with E-state index >= 15 is 0 Å². The van der Waals surface area contributed by atoms with Gasteiger partial charge in [0.2, 0.25) is 0 Å². The Morgan fingerprint density at radius 2 is 1.61 bits per heavy atom. The summed E-state index contributed by atoms with van der Waals surface area (Å²) in [6, 6.07) is 8.85. The third kappa shape index (κ3) is 9.23. The molecule has 0 radical (unpaired) electrons. The van der Waals surface area contributed by atoms with E-state index in [0.29, 0.717) is 0 Å². The Labute approximate surface area is 114 Å². The molecule has 0 unspecified atom stereocenters. The molecule has 0 N–H and O–H groups in total. The minimum Gasteiger partial charge on any atom is -0.385 e. The molecular formula is C17H30O. The highest BCUT2D eigenvalue weighted by Crippen LogP contribution is 2.10. The highest BCUT2D eigenvalue weighted by molar-refractivity contribution is 5.22. The smallest absolute Gasteiger partial charge is 0.0462 e. The lowest BCUT2D eigenvalue weighted by atomic mass is 10.0. The zero-order valence-corrected chi connectivity index (χ0v) is 12.7. The van der Waals surface area contributed by atoms with Crippen LogP contribution in [0.1, 0.15) is 57.1 Å². The molecule has 0 aromatic heterocycles. The SMILES string of the molecule is CC.COCCCCCCCc1cccc(C)c1. The minimum absolute atomic E-state index is 0.915. The molecule has 0 saturated heterocycles. The average Bonchev–Trinajstić information content (AvgIpc) is 2.40. The summed E-state index contributed by atoms with van der Waals surface area (Å²) in [4.78, 5) is 0. The molecule has 0 bridgehead atoms. The number of benzene rings is 1. The fourth-order valence-corrected chi connectivity index (χ4v) is 1.97. The van der Waals surface area contributed by atoms with Gasteiger partial charge in [0.25, 0.3) is 0 Å². The number of rotatable bonds is 8. The summed E-state index contributed by atoms with van der Waals surface area (Å²) >= 11 is 0. The maximum atomic E-state index is 5.03. The van der Waals surface area contributed by atoms with Crippen molar-refractivity contribution in [2.75, 3.05) is 13.7 Å². The van der Waals surface area contributed by atoms with Gasteiger partial charge >= 0.3 is 0 Å². The second kappa shape index (κ2) is 12.6. The average molecular weight is 250 g/mol. The van der Waals surface area contributed by atoms with Crippen LogP contribution in [0.3, 0.4) is 0 Å². The minimum atomic E-state index is 0.915. The molecular weight excluding hydrogens is 220 g/mol. The lowest BCUT2D eigenvalue weighted by Crippen LogP contribution is -1.90. The first-order valence-corrected chi connectivity index (χ1v) is 7.37. The summed E-state index contributed by atoms with van der Waals surface area (Å²) in [5.41, 5.74) is 2.86. The second-order valence-corrected chi connectivity index (χ2v) is 4.50. The maximum Gasteiger partial charge on any atom is 0.0462 e. The van der Waals surface area contributed by atoms with Crippen LogP contribution in [0.4, 0.5) is 0 Å². The summed E-state index contributed by atoms with van der Waals surface area (Å²) in [6.07, 6.45) is 7.75. The predicted octanol–water partition coefficient (Wildman–Crippen LogP) is 5.16. The van der Waals surface area contributed by atoms with Crippen molar-refractivity contribution in [3.63, 3.8) is 0 Å². The molecule has 1 heteroatoms. The maximum absolute atomic E-state index is 5.03. The highest BCUT2D eigenvalue weighted by atomic mass is 16.5. The standard InChI is InChI=1S/C15H24O.C2H6/c1-14-9-8-11-15(13-14)10-6-4-3-5-7-12-16-2;1-2/h8-9,11,13H,3-7,10,12H2,1-2H3;1-2H3. The largest absolute Gasteiger partial charge is 0.385 e. The van der Waals surface area contributed by atoms with Crippen LogP contribution < -0.4 is 0 Å². The highest BCUT2D eigenvalue weighted by Gasteiger charge is 1.94. The van der Waals surface area contributed by atoms with Gasteiger partial charge in [0.15, 0.2) is 0 Å². The van der Waals surface area contributed by atoms with Crippen LogP contribution in [-0.4, -0.2) is 13.7 Å². The van der Waals surface area contributed by atoms with Crippen molar-refractivity contribution in [2.45, 2.75) is 59.3 Å². The summed E-state index contributed by atoms with van der Waals surface area (Å²) < 4.78 is 5.03. The van der Waals surface area contributed by atoms with E-state index in [1.807, 2.05) is 13.8 Å². The van der Waals surface area contributed by atoms with Gasteiger partial charge in [0.1, 0.15) is 0 Å². The van der Waals surface area contributed by atoms with Crippen LogP contribution in [0.25, 0.3) is 0 Å². The molecule has 0 fully saturated rings. The van der Waals surface area contributed by atoms with Gasteiger partial charge in [-0.2, -0.15) is 0 Å². The van der Waals surface area contributed by atoms with E-state index in [1.165, 1.54) is 49.7 Å². The fourth-order valence-electron chi connectivity index (χ4n) is 1.97. The Morgan fingerprint density at radius 1 is 0.944 bits per heavy atom. The summed E-state index contributed by atoms with van der Waals surface area (Å²) in [7, 11) is 1.78. The quantitative estimate of drug-likeness (QED) is 0.579. The first kappa shape index (κ1) is 17.2. The van der Waals surface area contributed by atoms with E-state index in [1.54, 1.807) is 7.11 Å². The number of hydrogen-bond donors (Lipinski definition) is 0. The zero-order valence-electron chi connectivity index (χ0n) is 12.7. The Kier molecular flexibility index (Phi) is 12.1. The summed E-state index contributed by atoms with van der Waals surface area (Å²) in [6.45, 7) is 7.08. The topological polar surface area (TPSA) is 9.23 Å². The van der Waals surface area contributed by atoms with Gasteiger partial charge in [-0.3, -0.25) is 0 Å². The third-order valence-corrected chi connectivity index (χ3v) is 2.90. The van der Waals surface area contributed by atoms with E-state index in [0.717, 1.165) is 6.61 Å². The third-order valence-electron chi connectivity index (χ3n) is 2.90. The molecule has 1 nitrogen and oxygen atoms in total. The van der Waals surface area contributed by atoms with E-state index in [-0.39, 0.29) is 0 Å². The van der Waals surface area contributed by atoms with E-state index < -0.39 is 0 Å². The molecule has 0 amide bonds. The number of methoxy groups -OCH3 is 1. The van der Waals surface area contributed by atoms with Gasteiger partial charge < -0.3 is 4.74 Å². The molecule has 0 aliphatic carbocycles. The zero-order chi connectivity index (χ0) is 13.6. The summed E-state index contributed by atoms with van der Waals surface area (Å²) in [5.74, 6) is 0. The van der Waals surface area contributed by atoms with Gasteiger partial charge in [-0.25, -0.2) is 0 Å². The number of aryl methyl sites for hydroxylation is 2. The molecule has 0 heterocycles. The molecule has 1 aromatic carbocycles. The van der Waals surface area contributed by atoms with Gasteiger partial charge in [-0.05, 0) is 31.7 Å². The van der Waals surface area contributed by atoms with Gasteiger partial charge in [0.05, 0.1) is 0 Å². The fraction of sp³-hybridized carbons (Fsp3) is 0.647. The first-order chi connectivity index (χ1) is 8.83. The lowest BCUT2D eigenvalue weighted by molar-refractivity contribution is 0.192. The van der Waals surface area contributed by atoms with Gasteiger partial charge in [0, 0.05) is 13.7 Å². The molecule has 1 aromatic rings. The number of hydrogen-bond acceptors (Lipinski definition) is 1. The Balaban J connectivity index is 0.00000137. The Hall–Kier alpha value is -0.820. The van der Waals surface area contributed by atoms with Crippen LogP contribution in [0.2, 0.25) is 0 Å². The number of unbranched alkanes of at least 4 members (excludes halogenated alkanes) is 4. The van der Waals surface area contributed by atoms with Gasteiger partial charge in [-0.1, -0.05) is 62.9 Å². The predicted molar refractivity (Wildman–Crippen MR) is 81.2 cm³/mol. The molecule has 0 atom stereocenters. The Bertz CT molecular complexity index is 281. The van der Waals surface area contributed by atoms with Crippen LogP contribution in [0.5, 0.6) is 0 Å². The van der Waals surface area contributed by atoms with Crippen molar-refractivity contribution in [2.24, 2.45) is 0 Å². The van der Waals surface area contributed by atoms with Crippen LogP contribution in [-0.2, 0) is 11.2 Å². The van der Waals surface area contributed by atoms with Crippen molar-refractivity contribution in [1.82, 2.24) is 0 Å². The lowest BCUT2D eigenvalue weighted by Gasteiger charge is -2.03. The first-order valence-electron chi connectivity index (χ1n) is 7.37. The molecule has 0 aliphatic heterocycles. The molecule has 104 valence electrons. The van der Waals surface area contributed by atoms with Crippen LogP contribution in [0, 0.1) is 6.92 Å². The summed E-state index contributed by atoms with van der Waals surface area (Å²) in [5, 5.41) is 0. The molecule has 1 rings (SSSR count). The van der Waals surface area contributed by atoms with Crippen LogP contribution >= 0.6 is 0 Å². The van der Waals surface area contributed by atoms with Crippen molar-refractivity contribution in [3.8, 4) is 0 Å². The monoisotopic (exact) mass is 250 g/mol. The molecule has 0 spiro atoms. The molecule has 0 saturated carbocycles. The normalized spacial score (nSPS) is 9.78. The van der Waals surface area contributed by atoms with Crippen molar-refractivity contribution < 1.29 is 4.74 Å². The molecule has 18 heavy (non-hydrogen) atoms. The Morgan fingerprint density at radius 3 is 2.28 bits per heavy atom. The van der Waals surface area contributed by atoms with Crippen molar-refractivity contribution in [3.05, 3.63) is 35.4 Å².